The van der Waals surface area contributed by atoms with Crippen molar-refractivity contribution in [2.45, 2.75) is 6.18 Å². The number of halogens is 3. The Balaban J connectivity index is 2.27. The van der Waals surface area contributed by atoms with Gasteiger partial charge in [-0.05, 0) is 35.1 Å². The van der Waals surface area contributed by atoms with Gasteiger partial charge in [0, 0.05) is 10.3 Å². The molecule has 0 atom stereocenters. The maximum Gasteiger partial charge on any atom is 0.431 e. The summed E-state index contributed by atoms with van der Waals surface area (Å²) >= 11 is 6.26. The topological polar surface area (TPSA) is 28.7 Å². The standard InChI is InChI=1S/C13H7F3N2S2/c14-13(15,16)10-6-9(17-12(19)18-10)8-3-1-2-7-4-5-20-11(7)8/h1-6H,(H,17,18,19). The van der Waals surface area contributed by atoms with Gasteiger partial charge in [-0.15, -0.1) is 11.3 Å². The van der Waals surface area contributed by atoms with Gasteiger partial charge < -0.3 is 4.98 Å². The Bertz CT molecular complexity index is 833. The minimum atomic E-state index is -4.48. The number of rotatable bonds is 1. The van der Waals surface area contributed by atoms with Gasteiger partial charge in [0.25, 0.3) is 0 Å². The zero-order chi connectivity index (χ0) is 14.3. The smallest absolute Gasteiger partial charge is 0.327 e. The van der Waals surface area contributed by atoms with E-state index in [1.807, 2.05) is 17.5 Å². The fraction of sp³-hybridized carbons (Fsp3) is 0.0769. The van der Waals surface area contributed by atoms with Crippen LogP contribution in [0.15, 0.2) is 35.7 Å². The molecule has 102 valence electrons. The first-order valence-electron chi connectivity index (χ1n) is 5.60. The SMILES string of the molecule is FC(F)(F)c1cc(-c2cccc3ccsc23)nc(=S)[nH]1. The molecular weight excluding hydrogens is 305 g/mol. The highest BCUT2D eigenvalue weighted by Gasteiger charge is 2.32. The van der Waals surface area contributed by atoms with Crippen LogP contribution in [0, 0.1) is 4.77 Å². The zero-order valence-corrected chi connectivity index (χ0v) is 11.5. The highest BCUT2D eigenvalue weighted by Crippen LogP contribution is 2.34. The zero-order valence-electron chi connectivity index (χ0n) is 9.86. The Labute approximate surface area is 120 Å². The van der Waals surface area contributed by atoms with Crippen molar-refractivity contribution in [2.24, 2.45) is 0 Å². The van der Waals surface area contributed by atoms with Crippen molar-refractivity contribution in [1.29, 1.82) is 0 Å². The number of hydrogen-bond donors (Lipinski definition) is 1. The van der Waals surface area contributed by atoms with E-state index in [0.717, 1.165) is 16.2 Å². The van der Waals surface area contributed by atoms with E-state index in [0.29, 0.717) is 5.56 Å². The molecule has 2 heterocycles. The van der Waals surface area contributed by atoms with Crippen molar-refractivity contribution in [3.63, 3.8) is 0 Å². The predicted octanol–water partition coefficient (Wildman–Crippen LogP) is 5.04. The normalized spacial score (nSPS) is 11.9. The molecular formula is C13H7F3N2S2. The van der Waals surface area contributed by atoms with Crippen molar-refractivity contribution in [1.82, 2.24) is 9.97 Å². The summed E-state index contributed by atoms with van der Waals surface area (Å²) in [7, 11) is 0. The van der Waals surface area contributed by atoms with Gasteiger partial charge >= 0.3 is 6.18 Å². The Morgan fingerprint density at radius 2 is 2.00 bits per heavy atom. The summed E-state index contributed by atoms with van der Waals surface area (Å²) in [5, 5.41) is 2.87. The molecule has 7 heteroatoms. The van der Waals surface area contributed by atoms with Crippen molar-refractivity contribution >= 4 is 33.6 Å². The lowest BCUT2D eigenvalue weighted by molar-refractivity contribution is -0.141. The first-order chi connectivity index (χ1) is 9.45. The van der Waals surface area contributed by atoms with E-state index in [1.54, 1.807) is 12.1 Å². The highest BCUT2D eigenvalue weighted by atomic mass is 32.1. The molecule has 0 amide bonds. The predicted molar refractivity (Wildman–Crippen MR) is 75.2 cm³/mol. The Kier molecular flexibility index (Phi) is 3.10. The van der Waals surface area contributed by atoms with Crippen LogP contribution in [0.5, 0.6) is 0 Å². The maximum atomic E-state index is 12.8. The van der Waals surface area contributed by atoms with Crippen LogP contribution >= 0.6 is 23.6 Å². The third kappa shape index (κ3) is 2.34. The van der Waals surface area contributed by atoms with Crippen LogP contribution in [-0.2, 0) is 6.18 Å². The third-order valence-corrected chi connectivity index (χ3v) is 3.96. The summed E-state index contributed by atoms with van der Waals surface area (Å²) in [5.74, 6) is 0. The second-order valence-electron chi connectivity index (χ2n) is 4.13. The molecule has 0 saturated heterocycles. The first-order valence-corrected chi connectivity index (χ1v) is 6.89. The van der Waals surface area contributed by atoms with Crippen LogP contribution in [0.2, 0.25) is 0 Å². The Morgan fingerprint density at radius 1 is 1.20 bits per heavy atom. The van der Waals surface area contributed by atoms with E-state index >= 15 is 0 Å². The molecule has 3 rings (SSSR count). The van der Waals surface area contributed by atoms with Gasteiger partial charge in [-0.3, -0.25) is 0 Å². The van der Waals surface area contributed by atoms with E-state index in [-0.39, 0.29) is 10.5 Å². The van der Waals surface area contributed by atoms with Gasteiger partial charge in [0.1, 0.15) is 5.69 Å². The van der Waals surface area contributed by atoms with Crippen LogP contribution in [0.25, 0.3) is 21.3 Å². The van der Waals surface area contributed by atoms with Crippen molar-refractivity contribution < 1.29 is 13.2 Å². The average molecular weight is 312 g/mol. The molecule has 0 aliphatic rings. The van der Waals surface area contributed by atoms with E-state index in [4.69, 9.17) is 12.2 Å². The molecule has 0 aliphatic heterocycles. The van der Waals surface area contributed by atoms with Gasteiger partial charge in [-0.1, -0.05) is 18.2 Å². The third-order valence-electron chi connectivity index (χ3n) is 2.80. The number of aromatic nitrogens is 2. The molecule has 0 aliphatic carbocycles. The van der Waals surface area contributed by atoms with Crippen LogP contribution in [0.1, 0.15) is 5.69 Å². The molecule has 0 fully saturated rings. The number of benzene rings is 1. The molecule has 0 radical (unpaired) electrons. The van der Waals surface area contributed by atoms with Gasteiger partial charge in [-0.25, -0.2) is 4.98 Å². The number of hydrogen-bond acceptors (Lipinski definition) is 3. The van der Waals surface area contributed by atoms with Gasteiger partial charge in [0.2, 0.25) is 0 Å². The monoisotopic (exact) mass is 312 g/mol. The molecule has 0 unspecified atom stereocenters. The number of fused-ring (bicyclic) bond motifs is 1. The van der Waals surface area contributed by atoms with Crippen molar-refractivity contribution in [3.8, 4) is 11.3 Å². The van der Waals surface area contributed by atoms with Crippen LogP contribution in [0.3, 0.4) is 0 Å². The molecule has 0 saturated carbocycles. The van der Waals surface area contributed by atoms with Gasteiger partial charge in [0.05, 0.1) is 5.69 Å². The molecule has 1 aromatic carbocycles. The molecule has 2 nitrogen and oxygen atoms in total. The first kappa shape index (κ1) is 13.3. The minimum absolute atomic E-state index is 0.177. The lowest BCUT2D eigenvalue weighted by Crippen LogP contribution is -2.09. The van der Waals surface area contributed by atoms with E-state index < -0.39 is 11.9 Å². The highest BCUT2D eigenvalue weighted by molar-refractivity contribution is 7.71. The molecule has 3 aromatic rings. The molecule has 0 spiro atoms. The number of aromatic amines is 1. The average Bonchev–Trinajstić information content (AvgIpc) is 2.84. The lowest BCUT2D eigenvalue weighted by Gasteiger charge is -2.09. The van der Waals surface area contributed by atoms with Crippen LogP contribution < -0.4 is 0 Å². The number of nitrogens with one attached hydrogen (secondary N) is 1. The van der Waals surface area contributed by atoms with Crippen molar-refractivity contribution in [3.05, 3.63) is 46.2 Å². The van der Waals surface area contributed by atoms with E-state index in [1.165, 1.54) is 11.3 Å². The quantitative estimate of drug-likeness (QED) is 0.638. The van der Waals surface area contributed by atoms with Gasteiger partial charge in [0.15, 0.2) is 4.77 Å². The number of thiophene rings is 1. The second-order valence-corrected chi connectivity index (χ2v) is 5.43. The molecule has 20 heavy (non-hydrogen) atoms. The fourth-order valence-corrected chi connectivity index (χ4v) is 3.07. The lowest BCUT2D eigenvalue weighted by atomic mass is 10.1. The second kappa shape index (κ2) is 4.68. The molecule has 2 aromatic heterocycles. The minimum Gasteiger partial charge on any atom is -0.327 e. The summed E-state index contributed by atoms with van der Waals surface area (Å²) in [6, 6.07) is 8.35. The van der Waals surface area contributed by atoms with Crippen molar-refractivity contribution in [2.75, 3.05) is 0 Å². The van der Waals surface area contributed by atoms with E-state index in [9.17, 15) is 13.2 Å². The summed E-state index contributed by atoms with van der Waals surface area (Å²) in [6.07, 6.45) is -4.48. The molecule has 1 N–H and O–H groups in total. The summed E-state index contributed by atoms with van der Waals surface area (Å²) < 4.78 is 39.2. The molecule has 0 bridgehead atoms. The fourth-order valence-electron chi connectivity index (χ4n) is 1.94. The summed E-state index contributed by atoms with van der Waals surface area (Å²) in [6.45, 7) is 0. The Morgan fingerprint density at radius 3 is 2.75 bits per heavy atom. The van der Waals surface area contributed by atoms with Gasteiger partial charge in [-0.2, -0.15) is 13.2 Å². The summed E-state index contributed by atoms with van der Waals surface area (Å²) in [5.41, 5.74) is -0.00159. The Hall–Kier alpha value is -1.73. The largest absolute Gasteiger partial charge is 0.431 e. The number of nitrogens with zero attached hydrogens (tertiary/aromatic N) is 1. The van der Waals surface area contributed by atoms with Crippen LogP contribution in [-0.4, -0.2) is 9.97 Å². The maximum absolute atomic E-state index is 12.8. The summed E-state index contributed by atoms with van der Waals surface area (Å²) in [4.78, 5) is 6.09. The number of H-pyrrole nitrogens is 1. The van der Waals surface area contributed by atoms with E-state index in [2.05, 4.69) is 9.97 Å². The van der Waals surface area contributed by atoms with Crippen LogP contribution in [0.4, 0.5) is 13.2 Å². The number of alkyl halides is 3.